The predicted octanol–water partition coefficient (Wildman–Crippen LogP) is 1.37. The maximum atomic E-state index is 11.3. The topological polar surface area (TPSA) is 58.4 Å². The molecule has 3 N–H and O–H groups in total. The standard InChI is InChI=1S/C14H23N3O/c1-17(13-7-3-2-4-8-13)12-6-11-16-14(18)9-5-10-15/h2-4,7-8H,5-6,9-12,15H2,1H3,(H,16,18). The minimum Gasteiger partial charge on any atom is -0.375 e. The van der Waals surface area contributed by atoms with E-state index >= 15 is 0 Å². The highest BCUT2D eigenvalue weighted by molar-refractivity contribution is 5.75. The molecule has 1 amide bonds. The van der Waals surface area contributed by atoms with Crippen LogP contribution in [0.15, 0.2) is 30.3 Å². The second-order valence-corrected chi connectivity index (χ2v) is 4.35. The van der Waals surface area contributed by atoms with Gasteiger partial charge in [-0.3, -0.25) is 4.79 Å². The molecule has 1 aromatic rings. The van der Waals surface area contributed by atoms with Gasteiger partial charge in [0, 0.05) is 32.2 Å². The van der Waals surface area contributed by atoms with E-state index in [1.807, 2.05) is 18.2 Å². The molecule has 0 aliphatic heterocycles. The maximum absolute atomic E-state index is 11.3. The van der Waals surface area contributed by atoms with Crippen LogP contribution in [0.4, 0.5) is 5.69 Å². The summed E-state index contributed by atoms with van der Waals surface area (Å²) in [4.78, 5) is 13.5. The summed E-state index contributed by atoms with van der Waals surface area (Å²) in [6, 6.07) is 10.2. The summed E-state index contributed by atoms with van der Waals surface area (Å²) in [7, 11) is 2.06. The Labute approximate surface area is 109 Å². The average molecular weight is 249 g/mol. The molecular weight excluding hydrogens is 226 g/mol. The van der Waals surface area contributed by atoms with Gasteiger partial charge in [-0.1, -0.05) is 18.2 Å². The fraction of sp³-hybridized carbons (Fsp3) is 0.500. The number of rotatable bonds is 8. The third-order valence-electron chi connectivity index (χ3n) is 2.80. The van der Waals surface area contributed by atoms with Crippen LogP contribution in [0.3, 0.4) is 0 Å². The minimum atomic E-state index is 0.0998. The van der Waals surface area contributed by atoms with Gasteiger partial charge in [0.1, 0.15) is 0 Å². The van der Waals surface area contributed by atoms with Gasteiger partial charge in [-0.15, -0.1) is 0 Å². The number of carbonyl (C=O) groups is 1. The number of hydrogen-bond donors (Lipinski definition) is 2. The first-order valence-corrected chi connectivity index (χ1v) is 6.47. The van der Waals surface area contributed by atoms with Crippen LogP contribution < -0.4 is 16.0 Å². The number of amides is 1. The Bertz CT molecular complexity index is 340. The van der Waals surface area contributed by atoms with E-state index in [0.717, 1.165) is 25.9 Å². The molecule has 0 heterocycles. The molecule has 0 aromatic heterocycles. The summed E-state index contributed by atoms with van der Waals surface area (Å²) in [5, 5.41) is 2.90. The molecular formula is C14H23N3O. The Balaban J connectivity index is 2.13. The van der Waals surface area contributed by atoms with Crippen molar-refractivity contribution in [2.45, 2.75) is 19.3 Å². The fourth-order valence-corrected chi connectivity index (χ4v) is 1.71. The van der Waals surface area contributed by atoms with Crippen molar-refractivity contribution in [3.8, 4) is 0 Å². The molecule has 0 aliphatic carbocycles. The van der Waals surface area contributed by atoms with E-state index in [4.69, 9.17) is 5.73 Å². The van der Waals surface area contributed by atoms with E-state index in [-0.39, 0.29) is 5.91 Å². The quantitative estimate of drug-likeness (QED) is 0.684. The predicted molar refractivity (Wildman–Crippen MR) is 75.6 cm³/mol. The van der Waals surface area contributed by atoms with Crippen molar-refractivity contribution in [2.24, 2.45) is 5.73 Å². The third kappa shape index (κ3) is 5.68. The first kappa shape index (κ1) is 14.5. The van der Waals surface area contributed by atoms with Crippen LogP contribution in [0.25, 0.3) is 0 Å². The van der Waals surface area contributed by atoms with E-state index in [2.05, 4.69) is 29.4 Å². The molecule has 1 rings (SSSR count). The van der Waals surface area contributed by atoms with E-state index in [9.17, 15) is 4.79 Å². The van der Waals surface area contributed by atoms with Crippen LogP contribution in [0.2, 0.25) is 0 Å². The number of benzene rings is 1. The Morgan fingerprint density at radius 1 is 1.28 bits per heavy atom. The van der Waals surface area contributed by atoms with Crippen LogP contribution in [-0.2, 0) is 4.79 Å². The lowest BCUT2D eigenvalue weighted by molar-refractivity contribution is -0.121. The zero-order chi connectivity index (χ0) is 13.2. The Hall–Kier alpha value is -1.55. The maximum Gasteiger partial charge on any atom is 0.220 e. The SMILES string of the molecule is CN(CCCNC(=O)CCCN)c1ccccc1. The zero-order valence-electron chi connectivity index (χ0n) is 11.1. The molecule has 0 saturated carbocycles. The highest BCUT2D eigenvalue weighted by atomic mass is 16.1. The summed E-state index contributed by atoms with van der Waals surface area (Å²) in [5.74, 6) is 0.0998. The van der Waals surface area contributed by atoms with Crippen molar-refractivity contribution >= 4 is 11.6 Å². The first-order valence-electron chi connectivity index (χ1n) is 6.47. The van der Waals surface area contributed by atoms with Crippen molar-refractivity contribution in [1.82, 2.24) is 5.32 Å². The molecule has 4 heteroatoms. The smallest absolute Gasteiger partial charge is 0.220 e. The van der Waals surface area contributed by atoms with Gasteiger partial charge in [-0.2, -0.15) is 0 Å². The lowest BCUT2D eigenvalue weighted by atomic mass is 10.2. The molecule has 0 radical (unpaired) electrons. The van der Waals surface area contributed by atoms with Crippen LogP contribution in [0.5, 0.6) is 0 Å². The van der Waals surface area contributed by atoms with Crippen LogP contribution in [0, 0.1) is 0 Å². The van der Waals surface area contributed by atoms with Crippen molar-refractivity contribution in [1.29, 1.82) is 0 Å². The lowest BCUT2D eigenvalue weighted by Gasteiger charge is -2.19. The van der Waals surface area contributed by atoms with Gasteiger partial charge in [-0.25, -0.2) is 0 Å². The monoisotopic (exact) mass is 249 g/mol. The van der Waals surface area contributed by atoms with Crippen molar-refractivity contribution < 1.29 is 4.79 Å². The number of nitrogens with zero attached hydrogens (tertiary/aromatic N) is 1. The Morgan fingerprint density at radius 3 is 2.67 bits per heavy atom. The van der Waals surface area contributed by atoms with Crippen molar-refractivity contribution in [3.63, 3.8) is 0 Å². The van der Waals surface area contributed by atoms with Gasteiger partial charge < -0.3 is 16.0 Å². The lowest BCUT2D eigenvalue weighted by Crippen LogP contribution is -2.28. The van der Waals surface area contributed by atoms with Crippen molar-refractivity contribution in [3.05, 3.63) is 30.3 Å². The van der Waals surface area contributed by atoms with Gasteiger partial charge in [0.25, 0.3) is 0 Å². The third-order valence-corrected chi connectivity index (χ3v) is 2.80. The van der Waals surface area contributed by atoms with Crippen LogP contribution in [-0.4, -0.2) is 32.6 Å². The molecule has 100 valence electrons. The van der Waals surface area contributed by atoms with Gasteiger partial charge >= 0.3 is 0 Å². The molecule has 0 spiro atoms. The van der Waals surface area contributed by atoms with Gasteiger partial charge in [0.15, 0.2) is 0 Å². The largest absolute Gasteiger partial charge is 0.375 e. The summed E-state index contributed by atoms with van der Waals surface area (Å²) >= 11 is 0. The number of carbonyl (C=O) groups excluding carboxylic acids is 1. The summed E-state index contributed by atoms with van der Waals surface area (Å²) < 4.78 is 0. The fourth-order valence-electron chi connectivity index (χ4n) is 1.71. The average Bonchev–Trinajstić information content (AvgIpc) is 2.42. The number of nitrogens with one attached hydrogen (secondary N) is 1. The van der Waals surface area contributed by atoms with E-state index < -0.39 is 0 Å². The highest BCUT2D eigenvalue weighted by Crippen LogP contribution is 2.10. The molecule has 18 heavy (non-hydrogen) atoms. The molecule has 0 saturated heterocycles. The second-order valence-electron chi connectivity index (χ2n) is 4.35. The number of anilines is 1. The molecule has 0 aliphatic rings. The minimum absolute atomic E-state index is 0.0998. The summed E-state index contributed by atoms with van der Waals surface area (Å²) in [6.07, 6.45) is 2.24. The van der Waals surface area contributed by atoms with Crippen LogP contribution in [0.1, 0.15) is 19.3 Å². The molecule has 0 unspecified atom stereocenters. The normalized spacial score (nSPS) is 10.1. The highest BCUT2D eigenvalue weighted by Gasteiger charge is 2.01. The summed E-state index contributed by atoms with van der Waals surface area (Å²) in [5.41, 5.74) is 6.55. The van der Waals surface area contributed by atoms with Gasteiger partial charge in [0.05, 0.1) is 0 Å². The van der Waals surface area contributed by atoms with Crippen LogP contribution >= 0.6 is 0 Å². The van der Waals surface area contributed by atoms with Gasteiger partial charge in [0.2, 0.25) is 5.91 Å². The second kappa shape index (κ2) is 8.53. The number of para-hydroxylation sites is 1. The Kier molecular flexibility index (Phi) is 6.87. The van der Waals surface area contributed by atoms with Crippen molar-refractivity contribution in [2.75, 3.05) is 31.6 Å². The van der Waals surface area contributed by atoms with E-state index in [1.54, 1.807) is 0 Å². The van der Waals surface area contributed by atoms with Gasteiger partial charge in [-0.05, 0) is 31.5 Å². The molecule has 0 atom stereocenters. The molecule has 4 nitrogen and oxygen atoms in total. The Morgan fingerprint density at radius 2 is 2.00 bits per heavy atom. The zero-order valence-corrected chi connectivity index (χ0v) is 11.1. The van der Waals surface area contributed by atoms with E-state index in [1.165, 1.54) is 5.69 Å². The number of nitrogens with two attached hydrogens (primary N) is 1. The molecule has 1 aromatic carbocycles. The molecule has 0 fully saturated rings. The number of hydrogen-bond acceptors (Lipinski definition) is 3. The summed E-state index contributed by atoms with van der Waals surface area (Å²) in [6.45, 7) is 2.23. The molecule has 0 bridgehead atoms. The first-order chi connectivity index (χ1) is 8.74. The van der Waals surface area contributed by atoms with E-state index in [0.29, 0.717) is 13.0 Å².